The molecule has 0 heterocycles. The normalized spacial score (nSPS) is 14.4. The van der Waals surface area contributed by atoms with Gasteiger partial charge in [-0.05, 0) is 12.8 Å². The van der Waals surface area contributed by atoms with Crippen molar-refractivity contribution < 1.29 is 4.79 Å². The zero-order valence-corrected chi connectivity index (χ0v) is 9.14. The number of amides is 1. The van der Waals surface area contributed by atoms with Gasteiger partial charge in [0.15, 0.2) is 11.1 Å². The van der Waals surface area contributed by atoms with Gasteiger partial charge in [0.05, 0.1) is 0 Å². The highest BCUT2D eigenvalue weighted by molar-refractivity contribution is 8.13. The summed E-state index contributed by atoms with van der Waals surface area (Å²) in [4.78, 5) is 14.8. The number of hydrogen-bond donors (Lipinski definition) is 4. The minimum Gasteiger partial charge on any atom is -0.370 e. The first-order valence-corrected chi connectivity index (χ1v) is 5.67. The molecule has 0 aromatic rings. The topological polar surface area (TPSA) is 117 Å². The van der Waals surface area contributed by atoms with E-state index in [1.807, 2.05) is 0 Å². The van der Waals surface area contributed by atoms with E-state index in [9.17, 15) is 4.79 Å². The lowest BCUT2D eigenvalue weighted by molar-refractivity contribution is -0.120. The van der Waals surface area contributed by atoms with Crippen LogP contribution in [0.15, 0.2) is 4.99 Å². The van der Waals surface area contributed by atoms with Crippen molar-refractivity contribution in [2.75, 3.05) is 5.75 Å². The van der Waals surface area contributed by atoms with E-state index in [-0.39, 0.29) is 17.0 Å². The SMILES string of the molecule is N=C(N=C(N)N)SCCC(=O)NC1CC1. The summed E-state index contributed by atoms with van der Waals surface area (Å²) in [6.45, 7) is 0. The summed E-state index contributed by atoms with van der Waals surface area (Å²) in [5.74, 6) is 0.422. The molecular weight excluding hydrogens is 214 g/mol. The van der Waals surface area contributed by atoms with Crippen LogP contribution < -0.4 is 16.8 Å². The van der Waals surface area contributed by atoms with E-state index in [2.05, 4.69) is 10.3 Å². The molecule has 15 heavy (non-hydrogen) atoms. The number of nitrogens with two attached hydrogens (primary N) is 2. The van der Waals surface area contributed by atoms with Gasteiger partial charge in [-0.3, -0.25) is 10.2 Å². The first-order valence-electron chi connectivity index (χ1n) is 4.68. The number of amidine groups is 1. The molecule has 0 saturated heterocycles. The van der Waals surface area contributed by atoms with Gasteiger partial charge in [-0.2, -0.15) is 4.99 Å². The second-order valence-electron chi connectivity index (χ2n) is 3.28. The average molecular weight is 229 g/mol. The van der Waals surface area contributed by atoms with Crippen molar-refractivity contribution >= 4 is 28.8 Å². The van der Waals surface area contributed by atoms with Crippen LogP contribution in [0.4, 0.5) is 0 Å². The zero-order chi connectivity index (χ0) is 11.3. The van der Waals surface area contributed by atoms with E-state index in [0.29, 0.717) is 18.2 Å². The molecule has 0 aromatic heterocycles. The number of nitrogens with one attached hydrogen (secondary N) is 2. The van der Waals surface area contributed by atoms with Gasteiger partial charge in [-0.1, -0.05) is 11.8 Å². The molecule has 0 bridgehead atoms. The molecule has 7 heteroatoms. The number of aliphatic imine (C=N–C) groups is 1. The van der Waals surface area contributed by atoms with Crippen molar-refractivity contribution in [3.63, 3.8) is 0 Å². The zero-order valence-electron chi connectivity index (χ0n) is 8.32. The van der Waals surface area contributed by atoms with E-state index in [1.54, 1.807) is 0 Å². The van der Waals surface area contributed by atoms with Crippen LogP contribution in [0.2, 0.25) is 0 Å². The number of nitrogens with zero attached hydrogens (tertiary/aromatic N) is 1. The maximum absolute atomic E-state index is 11.2. The number of rotatable bonds is 4. The first kappa shape index (κ1) is 11.8. The number of thioether (sulfide) groups is 1. The van der Waals surface area contributed by atoms with Crippen molar-refractivity contribution in [2.24, 2.45) is 16.5 Å². The van der Waals surface area contributed by atoms with Gasteiger partial charge < -0.3 is 16.8 Å². The van der Waals surface area contributed by atoms with Crippen molar-refractivity contribution in [1.82, 2.24) is 5.32 Å². The van der Waals surface area contributed by atoms with E-state index in [0.717, 1.165) is 24.6 Å². The van der Waals surface area contributed by atoms with Gasteiger partial charge in [0.2, 0.25) is 5.91 Å². The van der Waals surface area contributed by atoms with Crippen LogP contribution in [0.5, 0.6) is 0 Å². The minimum atomic E-state index is -0.130. The van der Waals surface area contributed by atoms with Gasteiger partial charge in [0.1, 0.15) is 0 Å². The Bertz CT molecular complexity index is 283. The molecule has 1 amide bonds. The van der Waals surface area contributed by atoms with Gasteiger partial charge in [-0.15, -0.1) is 0 Å². The summed E-state index contributed by atoms with van der Waals surface area (Å²) in [6, 6.07) is 0.389. The van der Waals surface area contributed by atoms with Crippen molar-refractivity contribution in [3.8, 4) is 0 Å². The quantitative estimate of drug-likeness (QED) is 0.387. The Morgan fingerprint density at radius 1 is 1.53 bits per heavy atom. The van der Waals surface area contributed by atoms with E-state index < -0.39 is 0 Å². The molecule has 0 aromatic carbocycles. The van der Waals surface area contributed by atoms with Crippen LogP contribution in [0, 0.1) is 5.41 Å². The Morgan fingerprint density at radius 2 is 2.20 bits per heavy atom. The monoisotopic (exact) mass is 229 g/mol. The molecule has 0 unspecified atom stereocenters. The third kappa shape index (κ3) is 5.95. The second kappa shape index (κ2) is 5.59. The molecule has 0 aliphatic heterocycles. The van der Waals surface area contributed by atoms with Crippen molar-refractivity contribution in [1.29, 1.82) is 5.41 Å². The van der Waals surface area contributed by atoms with Crippen molar-refractivity contribution in [2.45, 2.75) is 25.3 Å². The van der Waals surface area contributed by atoms with Gasteiger partial charge in [0.25, 0.3) is 0 Å². The molecule has 1 rings (SSSR count). The number of hydrogen-bond acceptors (Lipinski definition) is 3. The highest BCUT2D eigenvalue weighted by atomic mass is 32.2. The predicted molar refractivity (Wildman–Crippen MR) is 61.8 cm³/mol. The molecule has 0 atom stereocenters. The van der Waals surface area contributed by atoms with Gasteiger partial charge in [-0.25, -0.2) is 0 Å². The Morgan fingerprint density at radius 3 is 2.73 bits per heavy atom. The standard InChI is InChI=1S/C8H15N5OS/c9-7(10)13-8(11)15-4-3-6(14)12-5-1-2-5/h5H,1-4H2,(H,12,14)(H5,9,10,11,13). The Kier molecular flexibility index (Phi) is 4.41. The van der Waals surface area contributed by atoms with Crippen LogP contribution in [-0.2, 0) is 4.79 Å². The van der Waals surface area contributed by atoms with E-state index in [1.165, 1.54) is 0 Å². The molecule has 6 N–H and O–H groups in total. The summed E-state index contributed by atoms with van der Waals surface area (Å²) < 4.78 is 0. The smallest absolute Gasteiger partial charge is 0.221 e. The molecule has 1 aliphatic rings. The lowest BCUT2D eigenvalue weighted by Crippen LogP contribution is -2.26. The third-order valence-electron chi connectivity index (χ3n) is 1.74. The Hall–Kier alpha value is -1.24. The summed E-state index contributed by atoms with van der Waals surface area (Å²) in [5, 5.41) is 10.2. The van der Waals surface area contributed by atoms with E-state index in [4.69, 9.17) is 16.9 Å². The van der Waals surface area contributed by atoms with Gasteiger partial charge >= 0.3 is 0 Å². The molecule has 0 spiro atoms. The largest absolute Gasteiger partial charge is 0.370 e. The van der Waals surface area contributed by atoms with Crippen LogP contribution in [0.1, 0.15) is 19.3 Å². The number of carbonyl (C=O) groups excluding carboxylic acids is 1. The summed E-state index contributed by atoms with van der Waals surface area (Å²) in [6.07, 6.45) is 2.56. The second-order valence-corrected chi connectivity index (χ2v) is 4.37. The van der Waals surface area contributed by atoms with Crippen LogP contribution in [0.3, 0.4) is 0 Å². The maximum Gasteiger partial charge on any atom is 0.221 e. The van der Waals surface area contributed by atoms with E-state index >= 15 is 0 Å². The fourth-order valence-electron chi connectivity index (χ4n) is 0.917. The molecule has 1 aliphatic carbocycles. The highest BCUT2D eigenvalue weighted by Gasteiger charge is 2.22. The minimum absolute atomic E-state index is 0.0301. The summed E-state index contributed by atoms with van der Waals surface area (Å²) in [5.41, 5.74) is 10.2. The fraction of sp³-hybridized carbons (Fsp3) is 0.625. The summed E-state index contributed by atoms with van der Waals surface area (Å²) in [7, 11) is 0. The number of guanidine groups is 1. The highest BCUT2D eigenvalue weighted by Crippen LogP contribution is 2.18. The third-order valence-corrected chi connectivity index (χ3v) is 2.51. The molecular formula is C8H15N5OS. The summed E-state index contributed by atoms with van der Waals surface area (Å²) >= 11 is 1.16. The maximum atomic E-state index is 11.2. The molecule has 1 fully saturated rings. The van der Waals surface area contributed by atoms with Crippen LogP contribution in [-0.4, -0.2) is 28.8 Å². The van der Waals surface area contributed by atoms with Crippen LogP contribution >= 0.6 is 11.8 Å². The van der Waals surface area contributed by atoms with Crippen molar-refractivity contribution in [3.05, 3.63) is 0 Å². The lowest BCUT2D eigenvalue weighted by atomic mass is 10.4. The Labute approximate surface area is 92.4 Å². The first-order chi connectivity index (χ1) is 7.08. The van der Waals surface area contributed by atoms with Gasteiger partial charge in [0, 0.05) is 18.2 Å². The molecule has 0 radical (unpaired) electrons. The molecule has 84 valence electrons. The fourth-order valence-corrected chi connectivity index (χ4v) is 1.57. The number of carbonyl (C=O) groups is 1. The van der Waals surface area contributed by atoms with Crippen LogP contribution in [0.25, 0.3) is 0 Å². The molecule has 6 nitrogen and oxygen atoms in total. The predicted octanol–water partition coefficient (Wildman–Crippen LogP) is -0.404. The molecule has 1 saturated carbocycles. The average Bonchev–Trinajstić information content (AvgIpc) is 2.86. The lowest BCUT2D eigenvalue weighted by Gasteiger charge is -2.02. The Balaban J connectivity index is 2.06.